The second-order valence-electron chi connectivity index (χ2n) is 22.1. The lowest BCUT2D eigenvalue weighted by Gasteiger charge is -2.30. The van der Waals surface area contributed by atoms with Crippen molar-refractivity contribution in [2.75, 3.05) is 4.90 Å². The van der Waals surface area contributed by atoms with Crippen molar-refractivity contribution in [3.05, 3.63) is 221 Å². The van der Waals surface area contributed by atoms with E-state index in [-0.39, 0.29) is 16.2 Å². The van der Waals surface area contributed by atoms with E-state index >= 15 is 0 Å². The predicted octanol–water partition coefficient (Wildman–Crippen LogP) is 19.0. The van der Waals surface area contributed by atoms with Crippen LogP contribution in [0.4, 0.5) is 17.1 Å². The van der Waals surface area contributed by atoms with E-state index in [0.717, 1.165) is 50.3 Å². The minimum atomic E-state index is -0.301. The number of nitrogens with zero attached hydrogens (tertiary/aromatic N) is 1. The second kappa shape index (κ2) is 13.8. The molecule has 0 radical (unpaired) electrons. The van der Waals surface area contributed by atoms with E-state index < -0.39 is 0 Å². The fourth-order valence-corrected chi connectivity index (χ4v) is 13.3. The highest BCUT2D eigenvalue weighted by molar-refractivity contribution is 6.19. The highest BCUT2D eigenvalue weighted by atomic mass is 16.3. The third-order valence-electron chi connectivity index (χ3n) is 17.1. The van der Waals surface area contributed by atoms with Crippen LogP contribution in [0.3, 0.4) is 0 Å². The second-order valence-corrected chi connectivity index (χ2v) is 22.1. The van der Waals surface area contributed by atoms with Crippen molar-refractivity contribution in [1.82, 2.24) is 0 Å². The van der Waals surface area contributed by atoms with Crippen LogP contribution in [0.2, 0.25) is 0 Å². The van der Waals surface area contributed by atoms with Crippen molar-refractivity contribution in [1.29, 1.82) is 0 Å². The van der Waals surface area contributed by atoms with E-state index in [9.17, 15) is 0 Å². The van der Waals surface area contributed by atoms with E-state index in [1.54, 1.807) is 0 Å². The van der Waals surface area contributed by atoms with E-state index in [1.165, 1.54) is 105 Å². The Hall–Kier alpha value is -8.14. The van der Waals surface area contributed by atoms with Gasteiger partial charge in [0, 0.05) is 60.4 Å². The first-order valence-corrected chi connectivity index (χ1v) is 25.1. The molecule has 0 fully saturated rings. The molecule has 2 heterocycles. The van der Waals surface area contributed by atoms with E-state index in [0.29, 0.717) is 0 Å². The Morgan fingerprint density at radius 2 is 0.887 bits per heavy atom. The number of hydrogen-bond acceptors (Lipinski definition) is 3. The number of hydrogen-bond donors (Lipinski definition) is 0. The first kappa shape index (κ1) is 40.7. The summed E-state index contributed by atoms with van der Waals surface area (Å²) in [4.78, 5) is 2.49. The summed E-state index contributed by atoms with van der Waals surface area (Å²) >= 11 is 0. The quantitative estimate of drug-likeness (QED) is 0.176. The van der Waals surface area contributed by atoms with Crippen molar-refractivity contribution in [3.8, 4) is 44.5 Å². The van der Waals surface area contributed by atoms with Gasteiger partial charge in [0.2, 0.25) is 0 Å². The van der Waals surface area contributed by atoms with Crippen molar-refractivity contribution in [2.24, 2.45) is 0 Å². The molecule has 0 atom stereocenters. The van der Waals surface area contributed by atoms with Gasteiger partial charge in [-0.1, -0.05) is 156 Å². The first-order valence-electron chi connectivity index (χ1n) is 25.1. The summed E-state index contributed by atoms with van der Waals surface area (Å²) in [5, 5.41) is 7.19. The summed E-state index contributed by atoms with van der Waals surface area (Å²) < 4.78 is 13.3. The normalized spacial score (nSPS) is 15.3. The zero-order valence-corrected chi connectivity index (χ0v) is 41.1. The molecule has 0 aliphatic heterocycles. The number of furan rings is 2. The molecule has 12 aromatic rings. The zero-order chi connectivity index (χ0) is 47.9. The molecule has 0 saturated heterocycles. The average Bonchev–Trinajstić information content (AvgIpc) is 4.13. The van der Waals surface area contributed by atoms with Crippen molar-refractivity contribution < 1.29 is 8.83 Å². The van der Waals surface area contributed by atoms with Gasteiger partial charge in [-0.25, -0.2) is 0 Å². The monoisotopic (exact) mass is 913 g/mol. The number of benzene rings is 10. The molecule has 3 aliphatic rings. The van der Waals surface area contributed by atoms with Crippen molar-refractivity contribution in [2.45, 2.75) is 64.7 Å². The van der Waals surface area contributed by atoms with Crippen LogP contribution in [0.1, 0.15) is 80.5 Å². The number of aryl methyl sites for hydroxylation is 1. The Morgan fingerprint density at radius 1 is 0.352 bits per heavy atom. The topological polar surface area (TPSA) is 29.5 Å². The Balaban J connectivity index is 0.909. The molecule has 0 bridgehead atoms. The van der Waals surface area contributed by atoms with Crippen LogP contribution in [0.5, 0.6) is 0 Å². The number of rotatable bonds is 4. The first-order chi connectivity index (χ1) is 34.4. The Kier molecular flexibility index (Phi) is 7.91. The summed E-state index contributed by atoms with van der Waals surface area (Å²) in [5.41, 5.74) is 25.9. The van der Waals surface area contributed by atoms with Crippen LogP contribution in [-0.2, 0) is 16.2 Å². The molecule has 71 heavy (non-hydrogen) atoms. The van der Waals surface area contributed by atoms with Gasteiger partial charge >= 0.3 is 0 Å². The molecule has 3 heteroatoms. The van der Waals surface area contributed by atoms with Crippen LogP contribution in [0.25, 0.3) is 99.2 Å². The third-order valence-corrected chi connectivity index (χ3v) is 17.1. The molecule has 0 unspecified atom stereocenters. The van der Waals surface area contributed by atoms with Crippen molar-refractivity contribution >= 4 is 71.7 Å². The smallest absolute Gasteiger partial charge is 0.143 e. The molecule has 0 amide bonds. The molecule has 0 spiro atoms. The van der Waals surface area contributed by atoms with Gasteiger partial charge in [0.25, 0.3) is 0 Å². The molecular formula is C68H51NO2. The summed E-state index contributed by atoms with van der Waals surface area (Å²) in [5.74, 6) is 0. The molecule has 0 N–H and O–H groups in total. The molecule has 2 aromatic heterocycles. The molecule has 340 valence electrons. The standard InChI is InChI=1S/C68H51NO2/c1-38-20-22-40(23-21-38)49-35-57-61(64-48-17-11-13-19-59(48)71-65(49)64)46-29-27-44(34-54(46)68(57,6)7)69(42-25-24-39-14-8-9-15-41(39)32-42)43-26-28-45-50-36-56-51(37-55(50)67(4,5)53(45)33-43)62-52(66(56,2)3)30-31-60-63(62)47-16-10-12-18-58(47)70-60/h8-37H,1-7H3. The maximum atomic E-state index is 6.83. The lowest BCUT2D eigenvalue weighted by atomic mass is 9.79. The van der Waals surface area contributed by atoms with Gasteiger partial charge in [-0.05, 0) is 163 Å². The van der Waals surface area contributed by atoms with Gasteiger partial charge in [-0.2, -0.15) is 0 Å². The molecular weight excluding hydrogens is 863 g/mol. The maximum absolute atomic E-state index is 6.83. The van der Waals surface area contributed by atoms with Crippen LogP contribution in [0, 0.1) is 6.92 Å². The molecule has 3 nitrogen and oxygen atoms in total. The van der Waals surface area contributed by atoms with E-state index in [1.807, 2.05) is 0 Å². The minimum absolute atomic E-state index is 0.175. The van der Waals surface area contributed by atoms with Crippen molar-refractivity contribution in [3.63, 3.8) is 0 Å². The third kappa shape index (κ3) is 5.39. The minimum Gasteiger partial charge on any atom is -0.456 e. The van der Waals surface area contributed by atoms with Gasteiger partial charge in [0.05, 0.1) is 0 Å². The Morgan fingerprint density at radius 3 is 1.65 bits per heavy atom. The van der Waals surface area contributed by atoms with Gasteiger partial charge in [-0.15, -0.1) is 0 Å². The largest absolute Gasteiger partial charge is 0.456 e. The van der Waals surface area contributed by atoms with Crippen LogP contribution in [-0.4, -0.2) is 0 Å². The highest BCUT2D eigenvalue weighted by Crippen LogP contribution is 2.60. The fourth-order valence-electron chi connectivity index (χ4n) is 13.3. The van der Waals surface area contributed by atoms with Crippen LogP contribution in [0.15, 0.2) is 191 Å². The van der Waals surface area contributed by atoms with Gasteiger partial charge < -0.3 is 13.7 Å². The molecule has 3 aliphatic carbocycles. The van der Waals surface area contributed by atoms with Gasteiger partial charge in [-0.3, -0.25) is 0 Å². The number of para-hydroxylation sites is 2. The van der Waals surface area contributed by atoms with Crippen LogP contribution >= 0.6 is 0 Å². The Bertz CT molecular complexity index is 4320. The van der Waals surface area contributed by atoms with E-state index in [4.69, 9.17) is 8.83 Å². The SMILES string of the molecule is Cc1ccc(-c2cc3c(c4c2oc2ccccc24)-c2ccc(N(c4ccc5c(c4)C(C)(C)c4cc6c(cc4-5)C(C)(C)c4ccc5oc7ccccc7c5c4-6)c4ccc5ccccc5c4)cc2C3(C)C)cc1. The van der Waals surface area contributed by atoms with Gasteiger partial charge in [0.1, 0.15) is 22.3 Å². The Labute approximate surface area is 413 Å². The zero-order valence-electron chi connectivity index (χ0n) is 41.1. The lowest BCUT2D eigenvalue weighted by molar-refractivity contribution is 0.651. The molecule has 15 rings (SSSR count). The fraction of sp³-hybridized carbons (Fsp3) is 0.147. The number of anilines is 3. The lowest BCUT2D eigenvalue weighted by Crippen LogP contribution is -2.18. The highest BCUT2D eigenvalue weighted by Gasteiger charge is 2.44. The number of fused-ring (bicyclic) bond motifs is 18. The van der Waals surface area contributed by atoms with Crippen LogP contribution < -0.4 is 4.90 Å². The average molecular weight is 914 g/mol. The maximum Gasteiger partial charge on any atom is 0.143 e. The predicted molar refractivity (Wildman–Crippen MR) is 296 cm³/mol. The summed E-state index contributed by atoms with van der Waals surface area (Å²) in [6.45, 7) is 16.6. The summed E-state index contributed by atoms with van der Waals surface area (Å²) in [6, 6.07) is 68.0. The summed E-state index contributed by atoms with van der Waals surface area (Å²) in [7, 11) is 0. The van der Waals surface area contributed by atoms with E-state index in [2.05, 4.69) is 235 Å². The summed E-state index contributed by atoms with van der Waals surface area (Å²) in [6.07, 6.45) is 0. The molecule has 0 saturated carbocycles. The van der Waals surface area contributed by atoms with Gasteiger partial charge in [0.15, 0.2) is 0 Å². The molecule has 10 aromatic carbocycles.